The fourth-order valence-corrected chi connectivity index (χ4v) is 5.52. The Kier molecular flexibility index (Phi) is 10.6. The molecule has 2 aliphatic heterocycles. The van der Waals surface area contributed by atoms with Crippen LogP contribution >= 0.6 is 11.3 Å². The molecule has 0 unspecified atom stereocenters. The summed E-state index contributed by atoms with van der Waals surface area (Å²) >= 11 is 1.43. The maximum Gasteiger partial charge on any atom is 0.329 e. The number of fused-ring (bicyclic) bond motifs is 3. The van der Waals surface area contributed by atoms with Gasteiger partial charge in [-0.25, -0.2) is 9.78 Å². The molecule has 8 nitrogen and oxygen atoms in total. The zero-order valence-corrected chi connectivity index (χ0v) is 23.0. The number of esters is 1. The number of allylic oxidation sites excluding steroid dienone is 2. The summed E-state index contributed by atoms with van der Waals surface area (Å²) < 4.78 is 5.93. The van der Waals surface area contributed by atoms with E-state index in [-0.39, 0.29) is 23.7 Å². The number of carbonyl (C=O) groups is 3. The number of amides is 2. The molecule has 3 heterocycles. The summed E-state index contributed by atoms with van der Waals surface area (Å²) in [6.07, 6.45) is 10.9. The fraction of sp³-hybridized carbons (Fsp3) is 0.571. The Labute approximate surface area is 223 Å². The number of nitrogens with zero attached hydrogens (tertiary/aromatic N) is 2. The van der Waals surface area contributed by atoms with E-state index in [1.807, 2.05) is 39.8 Å². The average molecular weight is 530 g/mol. The van der Waals surface area contributed by atoms with Crippen molar-refractivity contribution in [2.24, 2.45) is 11.8 Å². The van der Waals surface area contributed by atoms with Crippen LogP contribution in [0.25, 0.3) is 0 Å². The Bertz CT molecular complexity index is 1040. The van der Waals surface area contributed by atoms with Gasteiger partial charge in [0.1, 0.15) is 17.8 Å². The number of hydrogen-bond acceptors (Lipinski definition) is 7. The fourth-order valence-electron chi connectivity index (χ4n) is 4.71. The van der Waals surface area contributed by atoms with Gasteiger partial charge < -0.3 is 20.1 Å². The van der Waals surface area contributed by atoms with Crippen molar-refractivity contribution in [3.63, 3.8) is 0 Å². The number of hydrogen-bond donors (Lipinski definition) is 2. The van der Waals surface area contributed by atoms with E-state index in [0.29, 0.717) is 38.0 Å². The number of aromatic nitrogens is 1. The molecule has 0 aromatic carbocycles. The van der Waals surface area contributed by atoms with Gasteiger partial charge in [0.2, 0.25) is 5.91 Å². The van der Waals surface area contributed by atoms with Crippen molar-refractivity contribution in [1.29, 1.82) is 0 Å². The number of carbonyl (C=O) groups excluding carboxylic acids is 3. The van der Waals surface area contributed by atoms with Gasteiger partial charge in [-0.15, -0.1) is 11.3 Å². The van der Waals surface area contributed by atoms with Gasteiger partial charge in [0, 0.05) is 24.4 Å². The van der Waals surface area contributed by atoms with Crippen molar-refractivity contribution < 1.29 is 24.2 Å². The second-order valence-corrected chi connectivity index (χ2v) is 11.1. The van der Waals surface area contributed by atoms with E-state index in [4.69, 9.17) is 4.74 Å². The molecule has 2 amide bonds. The molecule has 0 radical (unpaired) electrons. The number of rotatable bonds is 1. The predicted molar refractivity (Wildman–Crippen MR) is 144 cm³/mol. The number of cyclic esters (lactones) is 1. The van der Waals surface area contributed by atoms with E-state index in [1.54, 1.807) is 22.4 Å². The first kappa shape index (κ1) is 28.8. The maximum absolute atomic E-state index is 13.2. The normalized spacial score (nSPS) is 27.9. The van der Waals surface area contributed by atoms with Crippen LogP contribution in [0.15, 0.2) is 41.3 Å². The van der Waals surface area contributed by atoms with Crippen LogP contribution in [0.1, 0.15) is 68.9 Å². The molecule has 0 spiro atoms. The number of aliphatic hydroxyl groups is 1. The quantitative estimate of drug-likeness (QED) is 0.536. The number of aliphatic hydroxyl groups excluding tert-OH is 1. The number of ether oxygens (including phenoxy) is 1. The molecule has 0 saturated carbocycles. The molecule has 2 aliphatic rings. The van der Waals surface area contributed by atoms with E-state index in [2.05, 4.69) is 10.3 Å². The van der Waals surface area contributed by atoms with Crippen molar-refractivity contribution in [3.05, 3.63) is 52.0 Å². The van der Waals surface area contributed by atoms with Crippen molar-refractivity contribution in [1.82, 2.24) is 15.2 Å². The number of thiazole rings is 1. The first-order valence-corrected chi connectivity index (χ1v) is 14.0. The minimum atomic E-state index is -0.642. The van der Waals surface area contributed by atoms with Crippen LogP contribution in [0.3, 0.4) is 0 Å². The molecule has 1 saturated heterocycles. The van der Waals surface area contributed by atoms with Gasteiger partial charge in [0.25, 0.3) is 5.91 Å². The third-order valence-electron chi connectivity index (χ3n) is 6.66. The van der Waals surface area contributed by atoms with E-state index in [0.717, 1.165) is 23.4 Å². The minimum absolute atomic E-state index is 0.0286. The summed E-state index contributed by atoms with van der Waals surface area (Å²) in [4.78, 5) is 44.8. The molecule has 2 N–H and O–H groups in total. The molecule has 3 rings (SSSR count). The Balaban J connectivity index is 1.82. The number of aryl methyl sites for hydroxylation is 1. The van der Waals surface area contributed by atoms with Gasteiger partial charge in [-0.2, -0.15) is 0 Å². The highest BCUT2D eigenvalue weighted by Gasteiger charge is 2.38. The highest BCUT2D eigenvalue weighted by molar-refractivity contribution is 7.09. The molecule has 9 heteroatoms. The van der Waals surface area contributed by atoms with Crippen molar-refractivity contribution in [2.45, 2.75) is 78.0 Å². The van der Waals surface area contributed by atoms with Gasteiger partial charge >= 0.3 is 5.97 Å². The highest BCUT2D eigenvalue weighted by atomic mass is 32.1. The summed E-state index contributed by atoms with van der Waals surface area (Å²) in [6, 6.07) is -0.642. The first-order valence-electron chi connectivity index (χ1n) is 13.1. The lowest BCUT2D eigenvalue weighted by molar-refractivity contribution is -0.158. The van der Waals surface area contributed by atoms with E-state index >= 15 is 0 Å². The second kappa shape index (κ2) is 13.7. The van der Waals surface area contributed by atoms with Gasteiger partial charge in [0.15, 0.2) is 0 Å². The smallest absolute Gasteiger partial charge is 0.329 e. The Morgan fingerprint density at radius 3 is 2.73 bits per heavy atom. The molecule has 1 aromatic heterocycles. The van der Waals surface area contributed by atoms with E-state index in [1.165, 1.54) is 17.4 Å². The van der Waals surface area contributed by atoms with Crippen molar-refractivity contribution in [2.75, 3.05) is 13.1 Å². The van der Waals surface area contributed by atoms with E-state index < -0.39 is 24.2 Å². The predicted octanol–water partition coefficient (Wildman–Crippen LogP) is 3.82. The van der Waals surface area contributed by atoms with Gasteiger partial charge in [0.05, 0.1) is 11.1 Å². The lowest BCUT2D eigenvalue weighted by Crippen LogP contribution is -2.44. The molecular formula is C28H39N3O5S. The summed E-state index contributed by atoms with van der Waals surface area (Å²) in [5, 5.41) is 15.7. The largest absolute Gasteiger partial charge is 0.460 e. The summed E-state index contributed by atoms with van der Waals surface area (Å²) in [5.74, 6) is -1.06. The highest BCUT2D eigenvalue weighted by Crippen LogP contribution is 2.26. The molecule has 4 atom stereocenters. The molecule has 0 aliphatic carbocycles. The molecule has 202 valence electrons. The summed E-state index contributed by atoms with van der Waals surface area (Å²) in [5.41, 5.74) is 1.26. The first-order chi connectivity index (χ1) is 17.7. The standard InChI is InChI=1S/C28H39N3O5S/c1-18(2)26-20(4)12-13-24(33)29-14-6-8-19(3)16-21(32)9-5-11-25-30-22(17-37-25)27(34)31-15-7-10-23(31)28(35)36-26/h6,8,12-13,16-18,20-21,23,26,32H,5,7,9-11,14-15H2,1-4H3,(H,29,33)/b8-6?,13-12+,19-16?/t20-,21+,23-,26-/m1/s1. The maximum atomic E-state index is 13.2. The topological polar surface area (TPSA) is 109 Å². The van der Waals surface area contributed by atoms with Crippen LogP contribution < -0.4 is 5.32 Å². The van der Waals surface area contributed by atoms with Crippen LogP contribution in [-0.4, -0.2) is 64.1 Å². The SMILES string of the molecule is CC1=C[C@@H](O)CCCc2nc(cs2)C(=O)N2CCC[C@@H]2C(=O)O[C@H](C(C)C)[C@H](C)/C=C/C(=O)NCC=C1. The zero-order valence-electron chi connectivity index (χ0n) is 22.2. The zero-order chi connectivity index (χ0) is 26.9. The summed E-state index contributed by atoms with van der Waals surface area (Å²) in [6.45, 7) is 8.61. The third-order valence-corrected chi connectivity index (χ3v) is 7.56. The lowest BCUT2D eigenvalue weighted by atomic mass is 9.94. The summed E-state index contributed by atoms with van der Waals surface area (Å²) in [7, 11) is 0. The Morgan fingerprint density at radius 2 is 1.97 bits per heavy atom. The molecule has 1 fully saturated rings. The van der Waals surface area contributed by atoms with Crippen LogP contribution in [-0.2, 0) is 20.7 Å². The van der Waals surface area contributed by atoms with Crippen LogP contribution in [0.4, 0.5) is 0 Å². The van der Waals surface area contributed by atoms with E-state index in [9.17, 15) is 19.5 Å². The monoisotopic (exact) mass is 529 g/mol. The Morgan fingerprint density at radius 1 is 1.19 bits per heavy atom. The van der Waals surface area contributed by atoms with Crippen molar-refractivity contribution >= 4 is 29.1 Å². The van der Waals surface area contributed by atoms with Gasteiger partial charge in [-0.3, -0.25) is 9.59 Å². The van der Waals surface area contributed by atoms with Crippen LogP contribution in [0, 0.1) is 11.8 Å². The van der Waals surface area contributed by atoms with Crippen molar-refractivity contribution in [3.8, 4) is 0 Å². The lowest BCUT2D eigenvalue weighted by Gasteiger charge is -2.29. The molecular weight excluding hydrogens is 490 g/mol. The average Bonchev–Trinajstić information content (AvgIpc) is 3.52. The van der Waals surface area contributed by atoms with Gasteiger partial charge in [-0.05, 0) is 51.0 Å². The molecule has 37 heavy (non-hydrogen) atoms. The Hall–Kier alpha value is -2.78. The molecule has 2 bridgehead atoms. The third kappa shape index (κ3) is 8.36. The molecule has 1 aromatic rings. The van der Waals surface area contributed by atoms with Crippen LogP contribution in [0.2, 0.25) is 0 Å². The second-order valence-electron chi connectivity index (χ2n) is 10.2. The van der Waals surface area contributed by atoms with Gasteiger partial charge in [-0.1, -0.05) is 50.6 Å². The minimum Gasteiger partial charge on any atom is -0.460 e. The number of nitrogens with one attached hydrogen (secondary N) is 1. The van der Waals surface area contributed by atoms with Crippen LogP contribution in [0.5, 0.6) is 0 Å².